The first-order valence-electron chi connectivity index (χ1n) is 5.33. The molecule has 1 aliphatic carbocycles. The maximum absolute atomic E-state index is 10.0. The Morgan fingerprint density at radius 2 is 2.06 bits per heavy atom. The molecule has 1 aromatic heterocycles. The van der Waals surface area contributed by atoms with E-state index >= 15 is 0 Å². The number of halogens is 3. The van der Waals surface area contributed by atoms with Crippen LogP contribution >= 0.6 is 39.1 Å². The van der Waals surface area contributed by atoms with Gasteiger partial charge in [-0.25, -0.2) is 0 Å². The number of fused-ring (bicyclic) bond motifs is 1. The van der Waals surface area contributed by atoms with Gasteiger partial charge in [0.2, 0.25) is 0 Å². The molecule has 1 saturated carbocycles. The zero-order valence-electron chi connectivity index (χ0n) is 8.71. The summed E-state index contributed by atoms with van der Waals surface area (Å²) in [6, 6.07) is 3.47. The minimum absolute atomic E-state index is 0.316. The summed E-state index contributed by atoms with van der Waals surface area (Å²) in [6.45, 7) is 0. The molecule has 0 saturated heterocycles. The summed E-state index contributed by atoms with van der Waals surface area (Å²) < 4.78 is 6.34. The van der Waals surface area contributed by atoms with E-state index in [-0.39, 0.29) is 0 Å². The summed E-state index contributed by atoms with van der Waals surface area (Å²) in [5.41, 5.74) is 0.537. The molecule has 3 rings (SSSR count). The molecule has 1 N–H and O–H groups in total. The Labute approximate surface area is 117 Å². The number of furan rings is 1. The number of aliphatic hydroxyl groups excluding tert-OH is 1. The van der Waals surface area contributed by atoms with E-state index in [0.717, 1.165) is 22.7 Å². The Bertz CT molecular complexity index is 590. The second-order valence-electron chi connectivity index (χ2n) is 4.33. The van der Waals surface area contributed by atoms with E-state index in [1.54, 1.807) is 12.1 Å². The predicted molar refractivity (Wildman–Crippen MR) is 71.6 cm³/mol. The van der Waals surface area contributed by atoms with Crippen molar-refractivity contribution < 1.29 is 9.52 Å². The van der Waals surface area contributed by atoms with Gasteiger partial charge in [0.1, 0.15) is 11.9 Å². The standard InChI is InChI=1S/C12H9BrCl2O2/c13-7-4-8(14)12-6(10(7)15)3-9(17-12)11(16)5-1-2-5/h3-5,11,16H,1-2H2. The smallest absolute Gasteiger partial charge is 0.154 e. The van der Waals surface area contributed by atoms with Gasteiger partial charge in [-0.3, -0.25) is 0 Å². The first-order chi connectivity index (χ1) is 8.08. The second-order valence-corrected chi connectivity index (χ2v) is 5.97. The molecule has 2 aromatic rings. The molecule has 2 nitrogen and oxygen atoms in total. The third-order valence-electron chi connectivity index (χ3n) is 3.03. The number of aliphatic hydroxyl groups is 1. The van der Waals surface area contributed by atoms with Crippen molar-refractivity contribution in [3.8, 4) is 0 Å². The molecular weight excluding hydrogens is 327 g/mol. The number of hydrogen-bond acceptors (Lipinski definition) is 2. The van der Waals surface area contributed by atoms with Gasteiger partial charge in [-0.05, 0) is 46.8 Å². The Balaban J connectivity index is 2.17. The van der Waals surface area contributed by atoms with Gasteiger partial charge in [-0.15, -0.1) is 0 Å². The van der Waals surface area contributed by atoms with Gasteiger partial charge in [0.05, 0.1) is 10.0 Å². The van der Waals surface area contributed by atoms with E-state index < -0.39 is 6.10 Å². The van der Waals surface area contributed by atoms with Gasteiger partial charge < -0.3 is 9.52 Å². The lowest BCUT2D eigenvalue weighted by Crippen LogP contribution is -1.96. The van der Waals surface area contributed by atoms with E-state index in [0.29, 0.717) is 27.3 Å². The molecule has 1 fully saturated rings. The Hall–Kier alpha value is -0.220. The van der Waals surface area contributed by atoms with Crippen LogP contribution in [0.25, 0.3) is 11.0 Å². The van der Waals surface area contributed by atoms with Crippen molar-refractivity contribution in [3.05, 3.63) is 32.4 Å². The van der Waals surface area contributed by atoms with Crippen molar-refractivity contribution in [3.63, 3.8) is 0 Å². The lowest BCUT2D eigenvalue weighted by atomic mass is 10.1. The summed E-state index contributed by atoms with van der Waals surface area (Å²) in [6.07, 6.45) is 1.54. The van der Waals surface area contributed by atoms with Crippen molar-refractivity contribution in [2.75, 3.05) is 0 Å². The highest BCUT2D eigenvalue weighted by molar-refractivity contribution is 9.10. The molecule has 17 heavy (non-hydrogen) atoms. The molecule has 1 unspecified atom stereocenters. The molecular formula is C12H9BrCl2O2. The molecule has 0 spiro atoms. The third kappa shape index (κ3) is 1.99. The topological polar surface area (TPSA) is 33.4 Å². The van der Waals surface area contributed by atoms with Crippen molar-refractivity contribution in [1.82, 2.24) is 0 Å². The molecule has 1 heterocycles. The molecule has 0 bridgehead atoms. The zero-order chi connectivity index (χ0) is 12.2. The van der Waals surface area contributed by atoms with Crippen LogP contribution < -0.4 is 0 Å². The lowest BCUT2D eigenvalue weighted by molar-refractivity contribution is 0.129. The van der Waals surface area contributed by atoms with Crippen LogP contribution in [0.5, 0.6) is 0 Å². The minimum Gasteiger partial charge on any atom is -0.457 e. The van der Waals surface area contributed by atoms with Crippen LogP contribution in [-0.2, 0) is 0 Å². The van der Waals surface area contributed by atoms with Gasteiger partial charge in [-0.1, -0.05) is 23.2 Å². The fourth-order valence-electron chi connectivity index (χ4n) is 1.91. The van der Waals surface area contributed by atoms with Crippen molar-refractivity contribution >= 4 is 50.1 Å². The van der Waals surface area contributed by atoms with Crippen molar-refractivity contribution in [2.45, 2.75) is 18.9 Å². The molecule has 0 amide bonds. The molecule has 90 valence electrons. The van der Waals surface area contributed by atoms with E-state index in [9.17, 15) is 5.11 Å². The van der Waals surface area contributed by atoms with Crippen molar-refractivity contribution in [1.29, 1.82) is 0 Å². The normalized spacial score (nSPS) is 17.6. The van der Waals surface area contributed by atoms with Crippen LogP contribution in [0, 0.1) is 5.92 Å². The largest absolute Gasteiger partial charge is 0.457 e. The summed E-state index contributed by atoms with van der Waals surface area (Å²) in [5, 5.41) is 11.8. The average Bonchev–Trinajstić information content (AvgIpc) is 3.03. The molecule has 1 atom stereocenters. The quantitative estimate of drug-likeness (QED) is 0.788. The Morgan fingerprint density at radius 1 is 1.35 bits per heavy atom. The highest BCUT2D eigenvalue weighted by Crippen LogP contribution is 2.44. The van der Waals surface area contributed by atoms with E-state index in [1.165, 1.54) is 0 Å². The Morgan fingerprint density at radius 3 is 2.71 bits per heavy atom. The molecule has 1 aliphatic rings. The molecule has 0 radical (unpaired) electrons. The lowest BCUT2D eigenvalue weighted by Gasteiger charge is -2.03. The minimum atomic E-state index is -0.548. The molecule has 1 aromatic carbocycles. The summed E-state index contributed by atoms with van der Waals surface area (Å²) in [4.78, 5) is 0. The SMILES string of the molecule is OC(c1cc2c(Cl)c(Br)cc(Cl)c2o1)C1CC1. The monoisotopic (exact) mass is 334 g/mol. The van der Waals surface area contributed by atoms with Gasteiger partial charge in [-0.2, -0.15) is 0 Å². The highest BCUT2D eigenvalue weighted by atomic mass is 79.9. The second kappa shape index (κ2) is 4.16. The maximum atomic E-state index is 10.0. The third-order valence-corrected chi connectivity index (χ3v) is 4.57. The maximum Gasteiger partial charge on any atom is 0.154 e. The predicted octanol–water partition coefficient (Wildman–Crippen LogP) is 4.95. The average molecular weight is 336 g/mol. The van der Waals surface area contributed by atoms with Crippen LogP contribution in [0.2, 0.25) is 10.0 Å². The van der Waals surface area contributed by atoms with Crippen LogP contribution in [0.4, 0.5) is 0 Å². The van der Waals surface area contributed by atoms with E-state index in [1.807, 2.05) is 0 Å². The summed E-state index contributed by atoms with van der Waals surface area (Å²) in [7, 11) is 0. The molecule has 0 aliphatic heterocycles. The number of rotatable bonds is 2. The van der Waals surface area contributed by atoms with E-state index in [2.05, 4.69) is 15.9 Å². The van der Waals surface area contributed by atoms with E-state index in [4.69, 9.17) is 27.6 Å². The fourth-order valence-corrected chi connectivity index (χ4v) is 2.93. The highest BCUT2D eigenvalue weighted by Gasteiger charge is 2.33. The Kier molecular flexibility index (Phi) is 2.90. The van der Waals surface area contributed by atoms with Crippen LogP contribution in [-0.4, -0.2) is 5.11 Å². The zero-order valence-corrected chi connectivity index (χ0v) is 11.8. The number of hydrogen-bond donors (Lipinski definition) is 1. The van der Waals surface area contributed by atoms with Crippen LogP contribution in [0.1, 0.15) is 24.7 Å². The first kappa shape index (κ1) is 11.8. The van der Waals surface area contributed by atoms with Crippen LogP contribution in [0.3, 0.4) is 0 Å². The first-order valence-corrected chi connectivity index (χ1v) is 6.88. The summed E-state index contributed by atoms with van der Waals surface area (Å²) >= 11 is 15.6. The van der Waals surface area contributed by atoms with Gasteiger partial charge in [0, 0.05) is 9.86 Å². The van der Waals surface area contributed by atoms with Gasteiger partial charge in [0.25, 0.3) is 0 Å². The van der Waals surface area contributed by atoms with Crippen molar-refractivity contribution in [2.24, 2.45) is 5.92 Å². The van der Waals surface area contributed by atoms with Crippen LogP contribution in [0.15, 0.2) is 21.0 Å². The number of benzene rings is 1. The van der Waals surface area contributed by atoms with Gasteiger partial charge in [0.15, 0.2) is 5.58 Å². The fraction of sp³-hybridized carbons (Fsp3) is 0.333. The molecule has 5 heteroatoms. The van der Waals surface area contributed by atoms with Gasteiger partial charge >= 0.3 is 0 Å². The summed E-state index contributed by atoms with van der Waals surface area (Å²) in [5.74, 6) is 0.862.